The number of likely N-dealkylation sites (N-methyl/N-ethyl adjacent to an activating group) is 1. The topological polar surface area (TPSA) is 108 Å². The quantitative estimate of drug-likeness (QED) is 0.0211. The van der Waals surface area contributed by atoms with Gasteiger partial charge < -0.3 is 28.5 Å². The second-order valence-electron chi connectivity index (χ2n) is 23.1. The van der Waals surface area contributed by atoms with E-state index < -0.39 is 18.4 Å². The molecule has 0 rings (SSSR count). The lowest BCUT2D eigenvalue weighted by atomic mass is 10.0. The Labute approximate surface area is 453 Å². The Bertz CT molecular complexity index is 1200. The highest BCUT2D eigenvalue weighted by molar-refractivity contribution is 5.71. The molecule has 0 spiro atoms. The van der Waals surface area contributed by atoms with Crippen LogP contribution >= 0.6 is 0 Å². The number of hydrogen-bond donors (Lipinski definition) is 1. The summed E-state index contributed by atoms with van der Waals surface area (Å²) in [7, 11) is 5.98. The van der Waals surface area contributed by atoms with E-state index in [2.05, 4.69) is 26.0 Å². The van der Waals surface area contributed by atoms with Gasteiger partial charge in [-0.2, -0.15) is 0 Å². The molecule has 9 heteroatoms. The third-order valence-electron chi connectivity index (χ3n) is 14.5. The molecule has 1 N–H and O–H groups in total. The van der Waals surface area contributed by atoms with Gasteiger partial charge in [-0.25, -0.2) is 4.79 Å². The van der Waals surface area contributed by atoms with Crippen LogP contribution in [0, 0.1) is 0 Å². The number of carbonyl (C=O) groups is 3. The number of aliphatic carboxylic acids is 1. The fourth-order valence-corrected chi connectivity index (χ4v) is 9.60. The minimum atomic E-state index is -1.50. The molecule has 9 nitrogen and oxygen atoms in total. The lowest BCUT2D eigenvalue weighted by Gasteiger charge is -2.25. The van der Waals surface area contributed by atoms with E-state index >= 15 is 0 Å². The van der Waals surface area contributed by atoms with Gasteiger partial charge in [-0.15, -0.1) is 0 Å². The molecule has 0 aliphatic heterocycles. The molecule has 0 saturated heterocycles. The fraction of sp³-hybridized carbons (Fsp3) is 0.922. The van der Waals surface area contributed by atoms with Crippen LogP contribution in [0.25, 0.3) is 0 Å². The Balaban J connectivity index is 3.96. The van der Waals surface area contributed by atoms with Gasteiger partial charge in [0.2, 0.25) is 0 Å². The van der Waals surface area contributed by atoms with Crippen LogP contribution < -0.4 is 0 Å². The summed E-state index contributed by atoms with van der Waals surface area (Å²) in [5, 5.41) is 9.70. The molecular formula is C64H124NO8+. The van der Waals surface area contributed by atoms with E-state index in [0.717, 1.165) is 38.5 Å². The van der Waals surface area contributed by atoms with Crippen molar-refractivity contribution < 1.29 is 42.9 Å². The van der Waals surface area contributed by atoms with Crippen molar-refractivity contribution >= 4 is 17.9 Å². The molecule has 0 radical (unpaired) electrons. The zero-order valence-electron chi connectivity index (χ0n) is 49.3. The highest BCUT2D eigenvalue weighted by Crippen LogP contribution is 2.18. The van der Waals surface area contributed by atoms with E-state index in [1.54, 1.807) is 0 Å². The van der Waals surface area contributed by atoms with Gasteiger partial charge in [-0.05, 0) is 38.5 Å². The van der Waals surface area contributed by atoms with Crippen LogP contribution in [0.1, 0.15) is 322 Å². The van der Waals surface area contributed by atoms with Crippen LogP contribution in [-0.4, -0.2) is 87.4 Å². The Hall–Kier alpha value is -1.97. The van der Waals surface area contributed by atoms with Gasteiger partial charge in [0.1, 0.15) is 13.2 Å². The zero-order chi connectivity index (χ0) is 53.4. The predicted molar refractivity (Wildman–Crippen MR) is 309 cm³/mol. The van der Waals surface area contributed by atoms with Gasteiger partial charge in [0, 0.05) is 12.8 Å². The van der Waals surface area contributed by atoms with Crippen LogP contribution in [0.4, 0.5) is 0 Å². The van der Waals surface area contributed by atoms with Crippen molar-refractivity contribution in [1.29, 1.82) is 0 Å². The number of allylic oxidation sites excluding steroid dienone is 2. The monoisotopic (exact) mass is 1030 g/mol. The summed E-state index contributed by atoms with van der Waals surface area (Å²) in [6.45, 7) is 4.93. The summed E-state index contributed by atoms with van der Waals surface area (Å²) in [6.07, 6.45) is 63.3. The number of hydrogen-bond acceptors (Lipinski definition) is 7. The van der Waals surface area contributed by atoms with Crippen molar-refractivity contribution in [2.24, 2.45) is 0 Å². The molecule has 0 aliphatic carbocycles. The van der Waals surface area contributed by atoms with Crippen molar-refractivity contribution in [3.63, 3.8) is 0 Å². The van der Waals surface area contributed by atoms with E-state index in [0.29, 0.717) is 17.4 Å². The van der Waals surface area contributed by atoms with Crippen LogP contribution in [-0.2, 0) is 33.3 Å². The number of unbranched alkanes of at least 4 members (excludes halogenated alkanes) is 43. The Kier molecular flexibility index (Phi) is 54.7. The van der Waals surface area contributed by atoms with E-state index in [1.165, 1.54) is 257 Å². The van der Waals surface area contributed by atoms with Crippen molar-refractivity contribution in [2.45, 2.75) is 334 Å². The van der Waals surface area contributed by atoms with Crippen LogP contribution in [0.15, 0.2) is 12.2 Å². The molecule has 0 saturated carbocycles. The van der Waals surface area contributed by atoms with Gasteiger partial charge in [0.05, 0.1) is 34.4 Å². The van der Waals surface area contributed by atoms with Crippen molar-refractivity contribution in [3.8, 4) is 0 Å². The number of esters is 2. The summed E-state index contributed by atoms with van der Waals surface area (Å²) < 4.78 is 22.9. The molecule has 0 aromatic carbocycles. The predicted octanol–water partition coefficient (Wildman–Crippen LogP) is 18.9. The van der Waals surface area contributed by atoms with Crippen LogP contribution in [0.3, 0.4) is 0 Å². The first-order chi connectivity index (χ1) is 35.6. The molecule has 0 bridgehead atoms. The maximum Gasteiger partial charge on any atom is 0.361 e. The van der Waals surface area contributed by atoms with Crippen molar-refractivity contribution in [1.82, 2.24) is 0 Å². The number of nitrogens with zero attached hydrogens (tertiary/aromatic N) is 1. The molecule has 0 amide bonds. The smallest absolute Gasteiger partial charge is 0.361 e. The number of ether oxygens (including phenoxy) is 4. The number of quaternary nitrogens is 1. The zero-order valence-corrected chi connectivity index (χ0v) is 49.3. The van der Waals surface area contributed by atoms with Crippen molar-refractivity contribution in [2.75, 3.05) is 47.5 Å². The Morgan fingerprint density at radius 2 is 0.699 bits per heavy atom. The number of carboxylic acids is 1. The second-order valence-corrected chi connectivity index (χ2v) is 23.1. The Morgan fingerprint density at radius 1 is 0.397 bits per heavy atom. The fourth-order valence-electron chi connectivity index (χ4n) is 9.60. The first kappa shape index (κ1) is 71.0. The SMILES string of the molecule is CCCCCCCCCC/C=C\CCCCCCCCCCCCCCCCCCCCCCCCCC(=O)OC(COC(=O)CCCCCCCCCCCCCCC)COC(OCC[N+](C)(C)C)C(=O)O. The van der Waals surface area contributed by atoms with Crippen molar-refractivity contribution in [3.05, 3.63) is 12.2 Å². The summed E-state index contributed by atoms with van der Waals surface area (Å²) in [4.78, 5) is 37.4. The molecule has 0 heterocycles. The molecule has 0 aliphatic rings. The summed E-state index contributed by atoms with van der Waals surface area (Å²) in [5.74, 6) is -1.98. The maximum absolute atomic E-state index is 12.9. The van der Waals surface area contributed by atoms with Gasteiger partial charge in [0.25, 0.3) is 6.29 Å². The third-order valence-corrected chi connectivity index (χ3v) is 14.5. The summed E-state index contributed by atoms with van der Waals surface area (Å²) >= 11 is 0. The van der Waals surface area contributed by atoms with E-state index in [9.17, 15) is 19.5 Å². The van der Waals surface area contributed by atoms with E-state index in [-0.39, 0.29) is 38.2 Å². The average molecular weight is 1040 g/mol. The molecule has 2 unspecified atom stereocenters. The minimum absolute atomic E-state index is 0.174. The average Bonchev–Trinajstić information content (AvgIpc) is 3.36. The first-order valence-electron chi connectivity index (χ1n) is 31.9. The first-order valence-corrected chi connectivity index (χ1v) is 31.9. The summed E-state index contributed by atoms with van der Waals surface area (Å²) in [6, 6.07) is 0. The van der Waals surface area contributed by atoms with E-state index in [1.807, 2.05) is 21.1 Å². The molecule has 432 valence electrons. The lowest BCUT2D eigenvalue weighted by Crippen LogP contribution is -2.40. The van der Waals surface area contributed by atoms with Crippen LogP contribution in [0.5, 0.6) is 0 Å². The standard InChI is InChI=1S/C64H123NO8/c1-6-8-10-12-14-16-18-20-21-22-23-24-25-26-27-28-29-30-31-32-33-34-35-36-37-38-39-40-41-43-45-47-49-51-53-55-62(67)73-60(59-72-64(63(68)69)70-57-56-65(3,4)5)58-71-61(66)54-52-50-48-46-44-42-19-17-15-13-11-9-7-2/h22-23,60,64H,6-21,24-59H2,1-5H3/p+1/b23-22-. The molecule has 73 heavy (non-hydrogen) atoms. The van der Waals surface area contributed by atoms with E-state index in [4.69, 9.17) is 18.9 Å². The van der Waals surface area contributed by atoms with Gasteiger partial charge >= 0.3 is 17.9 Å². The number of rotatable bonds is 60. The lowest BCUT2D eigenvalue weighted by molar-refractivity contribution is -0.870. The third kappa shape index (κ3) is 57.6. The molecule has 0 aromatic heterocycles. The normalized spacial score (nSPS) is 12.7. The van der Waals surface area contributed by atoms with Gasteiger partial charge in [0.15, 0.2) is 6.10 Å². The van der Waals surface area contributed by atoms with Gasteiger partial charge in [-0.3, -0.25) is 9.59 Å². The molecule has 0 aromatic rings. The second kappa shape index (κ2) is 56.2. The maximum atomic E-state index is 12.9. The molecule has 2 atom stereocenters. The summed E-state index contributed by atoms with van der Waals surface area (Å²) in [5.41, 5.74) is 0. The molecular weight excluding hydrogens is 911 g/mol. The molecule has 0 fully saturated rings. The number of carbonyl (C=O) groups excluding carboxylic acids is 2. The van der Waals surface area contributed by atoms with Gasteiger partial charge in [-0.1, -0.05) is 283 Å². The Morgan fingerprint density at radius 3 is 1.01 bits per heavy atom. The minimum Gasteiger partial charge on any atom is -0.477 e. The number of carboxylic acid groups (broad SMARTS) is 1. The highest BCUT2D eigenvalue weighted by atomic mass is 16.7. The van der Waals surface area contributed by atoms with Crippen LogP contribution in [0.2, 0.25) is 0 Å². The highest BCUT2D eigenvalue weighted by Gasteiger charge is 2.25. The largest absolute Gasteiger partial charge is 0.477 e.